The lowest BCUT2D eigenvalue weighted by Crippen LogP contribution is -2.18. The Morgan fingerprint density at radius 2 is 2.41 bits per heavy atom. The molecule has 3 nitrogen and oxygen atoms in total. The number of thiophene rings is 1. The quantitative estimate of drug-likeness (QED) is 0.795. The van der Waals surface area contributed by atoms with E-state index in [0.717, 1.165) is 25.6 Å². The van der Waals surface area contributed by atoms with Gasteiger partial charge in [-0.25, -0.2) is 4.98 Å². The number of nitrogens with one attached hydrogen (secondary N) is 1. The number of rotatable bonds is 6. The smallest absolute Gasteiger partial charge is 0.0951 e. The minimum atomic E-state index is 0.728. The summed E-state index contributed by atoms with van der Waals surface area (Å²) >= 11 is 1.77. The molecule has 0 radical (unpaired) electrons. The van der Waals surface area contributed by atoms with Crippen molar-refractivity contribution in [3.63, 3.8) is 0 Å². The Labute approximate surface area is 106 Å². The molecule has 2 aromatic rings. The van der Waals surface area contributed by atoms with Crippen LogP contribution < -0.4 is 5.32 Å². The first kappa shape index (κ1) is 11.0. The summed E-state index contributed by atoms with van der Waals surface area (Å²) in [4.78, 5) is 4.24. The average molecular weight is 247 g/mol. The van der Waals surface area contributed by atoms with Crippen LogP contribution in [-0.2, 0) is 13.0 Å². The maximum atomic E-state index is 4.24. The fourth-order valence-electron chi connectivity index (χ4n) is 2.03. The van der Waals surface area contributed by atoms with Crippen LogP contribution in [0.4, 0.5) is 0 Å². The standard InChI is InChI=1S/C13H17N3S/c1-2-12(1)16-10-15-8-13(16)7-14-5-3-11-4-6-17-9-11/h4,6,8-10,12,14H,1-3,5,7H2. The topological polar surface area (TPSA) is 29.9 Å². The number of nitrogens with zero attached hydrogens (tertiary/aromatic N) is 2. The maximum Gasteiger partial charge on any atom is 0.0951 e. The Morgan fingerprint density at radius 3 is 3.18 bits per heavy atom. The molecule has 0 spiro atoms. The molecule has 4 heteroatoms. The molecule has 0 saturated heterocycles. The van der Waals surface area contributed by atoms with Crippen LogP contribution in [0.2, 0.25) is 0 Å². The third-order valence-electron chi connectivity index (χ3n) is 3.16. The van der Waals surface area contributed by atoms with Crippen molar-refractivity contribution in [3.05, 3.63) is 40.6 Å². The van der Waals surface area contributed by atoms with Crippen molar-refractivity contribution in [1.29, 1.82) is 0 Å². The van der Waals surface area contributed by atoms with E-state index < -0.39 is 0 Å². The Kier molecular flexibility index (Phi) is 3.25. The maximum absolute atomic E-state index is 4.24. The second-order valence-electron chi connectivity index (χ2n) is 4.58. The second kappa shape index (κ2) is 5.02. The van der Waals surface area contributed by atoms with Gasteiger partial charge in [-0.05, 0) is 48.2 Å². The molecule has 0 aromatic carbocycles. The largest absolute Gasteiger partial charge is 0.330 e. The van der Waals surface area contributed by atoms with Gasteiger partial charge in [0.1, 0.15) is 0 Å². The lowest BCUT2D eigenvalue weighted by atomic mass is 10.2. The van der Waals surface area contributed by atoms with Crippen LogP contribution in [0.5, 0.6) is 0 Å². The monoisotopic (exact) mass is 247 g/mol. The number of hydrogen-bond acceptors (Lipinski definition) is 3. The summed E-state index contributed by atoms with van der Waals surface area (Å²) in [5.41, 5.74) is 2.75. The van der Waals surface area contributed by atoms with E-state index in [1.165, 1.54) is 24.1 Å². The zero-order valence-electron chi connectivity index (χ0n) is 9.80. The van der Waals surface area contributed by atoms with Crippen molar-refractivity contribution in [3.8, 4) is 0 Å². The number of imidazole rings is 1. The molecule has 17 heavy (non-hydrogen) atoms. The highest BCUT2D eigenvalue weighted by atomic mass is 32.1. The van der Waals surface area contributed by atoms with Gasteiger partial charge in [-0.1, -0.05) is 0 Å². The lowest BCUT2D eigenvalue weighted by molar-refractivity contribution is 0.621. The normalized spacial score (nSPS) is 15.3. The molecule has 1 N–H and O–H groups in total. The van der Waals surface area contributed by atoms with Crippen molar-refractivity contribution in [2.45, 2.75) is 31.8 Å². The van der Waals surface area contributed by atoms with Gasteiger partial charge >= 0.3 is 0 Å². The molecule has 3 rings (SSSR count). The molecule has 1 aliphatic rings. The van der Waals surface area contributed by atoms with E-state index in [-0.39, 0.29) is 0 Å². The molecule has 1 aliphatic carbocycles. The molecule has 0 amide bonds. The molecule has 0 atom stereocenters. The molecule has 0 bridgehead atoms. The Balaban J connectivity index is 1.46. The lowest BCUT2D eigenvalue weighted by Gasteiger charge is -2.07. The molecule has 1 fully saturated rings. The summed E-state index contributed by atoms with van der Waals surface area (Å²) in [5.74, 6) is 0. The van der Waals surface area contributed by atoms with Crippen LogP contribution in [0, 0.1) is 0 Å². The molecule has 2 heterocycles. The van der Waals surface area contributed by atoms with E-state index in [9.17, 15) is 0 Å². The van der Waals surface area contributed by atoms with Gasteiger partial charge in [0.15, 0.2) is 0 Å². The predicted octanol–water partition coefficient (Wildman–Crippen LogP) is 2.61. The van der Waals surface area contributed by atoms with E-state index in [2.05, 4.69) is 31.7 Å². The highest BCUT2D eigenvalue weighted by Gasteiger charge is 2.24. The van der Waals surface area contributed by atoms with Gasteiger partial charge in [0.05, 0.1) is 12.0 Å². The van der Waals surface area contributed by atoms with Gasteiger partial charge in [-0.3, -0.25) is 0 Å². The van der Waals surface area contributed by atoms with Gasteiger partial charge < -0.3 is 9.88 Å². The van der Waals surface area contributed by atoms with Gasteiger partial charge in [0, 0.05) is 18.8 Å². The van der Waals surface area contributed by atoms with E-state index in [1.54, 1.807) is 11.3 Å². The first-order valence-electron chi connectivity index (χ1n) is 6.16. The van der Waals surface area contributed by atoms with Gasteiger partial charge in [0.25, 0.3) is 0 Å². The summed E-state index contributed by atoms with van der Waals surface area (Å²) in [6.45, 7) is 1.97. The van der Waals surface area contributed by atoms with Crippen molar-refractivity contribution in [2.75, 3.05) is 6.54 Å². The van der Waals surface area contributed by atoms with Crippen molar-refractivity contribution < 1.29 is 0 Å². The van der Waals surface area contributed by atoms with Crippen LogP contribution in [0.25, 0.3) is 0 Å². The molecular weight excluding hydrogens is 230 g/mol. The zero-order valence-corrected chi connectivity index (χ0v) is 10.6. The summed E-state index contributed by atoms with van der Waals surface area (Å²) in [6, 6.07) is 2.92. The van der Waals surface area contributed by atoms with Gasteiger partial charge in [-0.15, -0.1) is 0 Å². The highest BCUT2D eigenvalue weighted by molar-refractivity contribution is 7.07. The number of hydrogen-bond donors (Lipinski definition) is 1. The average Bonchev–Trinajstić information content (AvgIpc) is 2.89. The Morgan fingerprint density at radius 1 is 1.47 bits per heavy atom. The van der Waals surface area contributed by atoms with Crippen LogP contribution in [0.1, 0.15) is 30.1 Å². The van der Waals surface area contributed by atoms with Crippen molar-refractivity contribution in [1.82, 2.24) is 14.9 Å². The SMILES string of the molecule is c1cc(CCNCc2cncn2C2CC2)cs1. The molecule has 1 saturated carbocycles. The minimum Gasteiger partial charge on any atom is -0.330 e. The predicted molar refractivity (Wildman–Crippen MR) is 70.2 cm³/mol. The molecule has 0 unspecified atom stereocenters. The van der Waals surface area contributed by atoms with Crippen molar-refractivity contribution >= 4 is 11.3 Å². The van der Waals surface area contributed by atoms with Crippen molar-refractivity contribution in [2.24, 2.45) is 0 Å². The third-order valence-corrected chi connectivity index (χ3v) is 3.90. The van der Waals surface area contributed by atoms with E-state index >= 15 is 0 Å². The Bertz CT molecular complexity index is 457. The first-order valence-corrected chi connectivity index (χ1v) is 7.10. The van der Waals surface area contributed by atoms with Gasteiger partial charge in [0.2, 0.25) is 0 Å². The molecule has 2 aromatic heterocycles. The fourth-order valence-corrected chi connectivity index (χ4v) is 2.74. The van der Waals surface area contributed by atoms with E-state index in [4.69, 9.17) is 0 Å². The number of aromatic nitrogens is 2. The van der Waals surface area contributed by atoms with Gasteiger partial charge in [-0.2, -0.15) is 11.3 Å². The summed E-state index contributed by atoms with van der Waals surface area (Å²) in [6.07, 6.45) is 7.70. The first-order chi connectivity index (χ1) is 8.43. The van der Waals surface area contributed by atoms with Crippen LogP contribution >= 0.6 is 11.3 Å². The fraction of sp³-hybridized carbons (Fsp3) is 0.462. The summed E-state index contributed by atoms with van der Waals surface area (Å²) in [5, 5.41) is 7.85. The molecule has 0 aliphatic heterocycles. The third kappa shape index (κ3) is 2.76. The summed E-state index contributed by atoms with van der Waals surface area (Å²) < 4.78 is 2.32. The highest BCUT2D eigenvalue weighted by Crippen LogP contribution is 2.35. The van der Waals surface area contributed by atoms with Crippen LogP contribution in [0.3, 0.4) is 0 Å². The minimum absolute atomic E-state index is 0.728. The summed E-state index contributed by atoms with van der Waals surface area (Å²) in [7, 11) is 0. The van der Waals surface area contributed by atoms with Crippen LogP contribution in [-0.4, -0.2) is 16.1 Å². The van der Waals surface area contributed by atoms with Crippen LogP contribution in [0.15, 0.2) is 29.4 Å². The molecule has 90 valence electrons. The molecular formula is C13H17N3S. The zero-order chi connectivity index (χ0) is 11.5. The second-order valence-corrected chi connectivity index (χ2v) is 5.36. The van der Waals surface area contributed by atoms with E-state index in [0.29, 0.717) is 0 Å². The van der Waals surface area contributed by atoms with E-state index in [1.807, 2.05) is 12.5 Å². The Hall–Kier alpha value is -1.13.